The van der Waals surface area contributed by atoms with Crippen LogP contribution in [0, 0.1) is 0 Å². The summed E-state index contributed by atoms with van der Waals surface area (Å²) in [7, 11) is 0. The van der Waals surface area contributed by atoms with E-state index in [0.29, 0.717) is 31.6 Å². The van der Waals surface area contributed by atoms with Gasteiger partial charge in [0.25, 0.3) is 0 Å². The number of hydrogen-bond acceptors (Lipinski definition) is 2. The van der Waals surface area contributed by atoms with Crippen LogP contribution in [0.2, 0.25) is 0 Å². The molecule has 5 nitrogen and oxygen atoms in total. The normalized spacial score (nSPS) is 14.0. The first-order chi connectivity index (χ1) is 9.95. The molecule has 2 rings (SSSR count). The first kappa shape index (κ1) is 15.4. The van der Waals surface area contributed by atoms with E-state index in [9.17, 15) is 14.7 Å². The quantitative estimate of drug-likeness (QED) is 0.930. The highest BCUT2D eigenvalue weighted by molar-refractivity contribution is 5.90. The summed E-state index contributed by atoms with van der Waals surface area (Å²) in [4.78, 5) is 27.4. The van der Waals surface area contributed by atoms with Crippen molar-refractivity contribution in [1.29, 1.82) is 0 Å². The molecule has 0 atom stereocenters. The van der Waals surface area contributed by atoms with E-state index in [1.807, 2.05) is 31.7 Å². The van der Waals surface area contributed by atoms with Crippen molar-refractivity contribution >= 4 is 12.0 Å². The highest BCUT2D eigenvalue weighted by Gasteiger charge is 2.27. The van der Waals surface area contributed by atoms with Gasteiger partial charge in [0.1, 0.15) is 0 Å². The Labute approximate surface area is 125 Å². The highest BCUT2D eigenvalue weighted by atomic mass is 16.4. The van der Waals surface area contributed by atoms with E-state index in [1.165, 1.54) is 0 Å². The van der Waals surface area contributed by atoms with Crippen LogP contribution < -0.4 is 0 Å². The Morgan fingerprint density at radius 3 is 2.67 bits per heavy atom. The summed E-state index contributed by atoms with van der Waals surface area (Å²) in [5.74, 6) is -0.899. The van der Waals surface area contributed by atoms with Gasteiger partial charge in [0.15, 0.2) is 0 Å². The maximum absolute atomic E-state index is 12.5. The molecule has 1 aliphatic heterocycles. The molecule has 1 aliphatic rings. The lowest BCUT2D eigenvalue weighted by atomic mass is 9.94. The van der Waals surface area contributed by atoms with Crippen molar-refractivity contribution in [3.05, 3.63) is 34.9 Å². The Bertz CT molecular complexity index is 554. The van der Waals surface area contributed by atoms with Gasteiger partial charge in [0.05, 0.1) is 5.56 Å². The fraction of sp³-hybridized carbons (Fsp3) is 0.500. The van der Waals surface area contributed by atoms with Crippen molar-refractivity contribution in [2.75, 3.05) is 13.1 Å². The number of aromatic carboxylic acids is 1. The van der Waals surface area contributed by atoms with Gasteiger partial charge in [-0.2, -0.15) is 0 Å². The molecular formula is C16H22N2O3. The fourth-order valence-electron chi connectivity index (χ4n) is 2.88. The molecule has 0 saturated carbocycles. The monoisotopic (exact) mass is 290 g/mol. The van der Waals surface area contributed by atoms with E-state index in [1.54, 1.807) is 17.0 Å². The summed E-state index contributed by atoms with van der Waals surface area (Å²) >= 11 is 0. The molecule has 5 heteroatoms. The van der Waals surface area contributed by atoms with Crippen molar-refractivity contribution in [3.8, 4) is 0 Å². The lowest BCUT2D eigenvalue weighted by Gasteiger charge is -2.35. The van der Waals surface area contributed by atoms with E-state index < -0.39 is 5.97 Å². The third kappa shape index (κ3) is 3.01. The van der Waals surface area contributed by atoms with Crippen LogP contribution in [0.3, 0.4) is 0 Å². The molecule has 21 heavy (non-hydrogen) atoms. The number of carboxylic acids is 1. The lowest BCUT2D eigenvalue weighted by molar-refractivity contribution is 0.0695. The van der Waals surface area contributed by atoms with Gasteiger partial charge >= 0.3 is 12.0 Å². The average molecular weight is 290 g/mol. The number of amides is 2. The van der Waals surface area contributed by atoms with Crippen LogP contribution in [-0.2, 0) is 13.0 Å². The number of benzene rings is 1. The van der Waals surface area contributed by atoms with E-state index >= 15 is 0 Å². The molecule has 0 unspecified atom stereocenters. The first-order valence-corrected chi connectivity index (χ1v) is 7.35. The molecule has 0 saturated heterocycles. The zero-order valence-electron chi connectivity index (χ0n) is 12.8. The van der Waals surface area contributed by atoms with E-state index in [-0.39, 0.29) is 12.1 Å². The summed E-state index contributed by atoms with van der Waals surface area (Å²) in [6.45, 7) is 7.70. The summed E-state index contributed by atoms with van der Waals surface area (Å²) in [6, 6.07) is 5.47. The van der Waals surface area contributed by atoms with Crippen molar-refractivity contribution in [2.24, 2.45) is 0 Å². The largest absolute Gasteiger partial charge is 0.478 e. The third-order valence-corrected chi connectivity index (χ3v) is 3.98. The Hall–Kier alpha value is -2.04. The minimum absolute atomic E-state index is 0.0267. The molecule has 114 valence electrons. The van der Waals surface area contributed by atoms with Crippen LogP contribution in [0.5, 0.6) is 0 Å². The molecule has 1 aromatic rings. The number of urea groups is 1. The molecule has 0 aromatic heterocycles. The van der Waals surface area contributed by atoms with Gasteiger partial charge in [-0.25, -0.2) is 9.59 Å². The second-order valence-electron chi connectivity index (χ2n) is 5.58. The topological polar surface area (TPSA) is 60.9 Å². The zero-order valence-corrected chi connectivity index (χ0v) is 12.8. The van der Waals surface area contributed by atoms with Gasteiger partial charge in [-0.1, -0.05) is 12.1 Å². The van der Waals surface area contributed by atoms with Gasteiger partial charge in [0, 0.05) is 25.7 Å². The minimum Gasteiger partial charge on any atom is -0.478 e. The third-order valence-electron chi connectivity index (χ3n) is 3.98. The second kappa shape index (κ2) is 6.16. The number of carbonyl (C=O) groups is 2. The van der Waals surface area contributed by atoms with Crippen molar-refractivity contribution in [2.45, 2.75) is 39.8 Å². The molecule has 0 fully saturated rings. The summed E-state index contributed by atoms with van der Waals surface area (Å²) < 4.78 is 0. The molecule has 0 radical (unpaired) electrons. The Morgan fingerprint density at radius 2 is 2.10 bits per heavy atom. The number of fused-ring (bicyclic) bond motifs is 1. The number of carboxylic acid groups (broad SMARTS) is 1. The Morgan fingerprint density at radius 1 is 1.38 bits per heavy atom. The van der Waals surface area contributed by atoms with Gasteiger partial charge in [-0.05, 0) is 44.4 Å². The predicted molar refractivity (Wildman–Crippen MR) is 80.4 cm³/mol. The average Bonchev–Trinajstić information content (AvgIpc) is 2.46. The number of hydrogen-bond donors (Lipinski definition) is 1. The Balaban J connectivity index is 2.22. The summed E-state index contributed by atoms with van der Waals surface area (Å²) in [6.07, 6.45) is 0.596. The van der Waals surface area contributed by atoms with E-state index in [2.05, 4.69) is 0 Å². The minimum atomic E-state index is -0.899. The predicted octanol–water partition coefficient (Wildman–Crippen LogP) is 2.59. The maximum atomic E-state index is 12.5. The van der Waals surface area contributed by atoms with Crippen LogP contribution in [0.4, 0.5) is 4.79 Å². The second-order valence-corrected chi connectivity index (χ2v) is 5.58. The fourth-order valence-corrected chi connectivity index (χ4v) is 2.88. The smallest absolute Gasteiger partial charge is 0.335 e. The van der Waals surface area contributed by atoms with Crippen LogP contribution >= 0.6 is 0 Å². The van der Waals surface area contributed by atoms with Gasteiger partial charge < -0.3 is 14.9 Å². The molecule has 0 aliphatic carbocycles. The van der Waals surface area contributed by atoms with Gasteiger partial charge in [0.2, 0.25) is 0 Å². The zero-order chi connectivity index (χ0) is 15.6. The molecular weight excluding hydrogens is 268 g/mol. The first-order valence-electron chi connectivity index (χ1n) is 7.35. The molecule has 1 heterocycles. The van der Waals surface area contributed by atoms with Gasteiger partial charge in [-0.3, -0.25) is 0 Å². The summed E-state index contributed by atoms with van der Waals surface area (Å²) in [5, 5.41) is 9.23. The highest BCUT2D eigenvalue weighted by Crippen LogP contribution is 2.23. The summed E-state index contributed by atoms with van der Waals surface area (Å²) in [5.41, 5.74) is 2.16. The van der Waals surface area contributed by atoms with Crippen LogP contribution in [0.1, 0.15) is 42.3 Å². The molecule has 0 spiro atoms. The van der Waals surface area contributed by atoms with Crippen molar-refractivity contribution in [3.63, 3.8) is 0 Å². The van der Waals surface area contributed by atoms with Gasteiger partial charge in [-0.15, -0.1) is 0 Å². The van der Waals surface area contributed by atoms with E-state index in [4.69, 9.17) is 0 Å². The Kier molecular flexibility index (Phi) is 4.50. The van der Waals surface area contributed by atoms with Crippen LogP contribution in [-0.4, -0.2) is 46.0 Å². The van der Waals surface area contributed by atoms with Crippen LogP contribution in [0.15, 0.2) is 18.2 Å². The van der Waals surface area contributed by atoms with E-state index in [0.717, 1.165) is 11.1 Å². The molecule has 0 bridgehead atoms. The number of rotatable bonds is 3. The number of carbonyl (C=O) groups excluding carboxylic acids is 1. The standard InChI is InChI=1S/C16H22N2O3/c1-4-18(11(2)3)16(21)17-9-8-13-12(10-17)6-5-7-14(13)15(19)20/h5-7,11H,4,8-10H2,1-3H3,(H,19,20). The van der Waals surface area contributed by atoms with Crippen LogP contribution in [0.25, 0.3) is 0 Å². The molecule has 2 amide bonds. The number of nitrogens with zero attached hydrogens (tertiary/aromatic N) is 2. The lowest BCUT2D eigenvalue weighted by Crippen LogP contribution is -2.48. The SMILES string of the molecule is CCN(C(=O)N1CCc2c(cccc2C(=O)O)C1)C(C)C. The molecule has 1 aromatic carbocycles. The van der Waals surface area contributed by atoms with Crippen molar-refractivity contribution in [1.82, 2.24) is 9.80 Å². The molecule has 1 N–H and O–H groups in total. The van der Waals surface area contributed by atoms with Crippen molar-refractivity contribution < 1.29 is 14.7 Å². The maximum Gasteiger partial charge on any atom is 0.335 e.